The summed E-state index contributed by atoms with van der Waals surface area (Å²) in [5, 5.41) is 8.93. The van der Waals surface area contributed by atoms with E-state index >= 15 is 0 Å². The van der Waals surface area contributed by atoms with Crippen LogP contribution >= 0.6 is 0 Å². The van der Waals surface area contributed by atoms with Crippen LogP contribution in [-0.2, 0) is 9.53 Å². The standard InChI is InChI=1S/C4H8O2.C2H5O.Na/c1-3-6-4(2)5;1-2-3;/h3H2,1-2H3;2H2,1H3;/q;-1;+1. The first-order valence-electron chi connectivity index (χ1n) is 2.90. The molecular weight excluding hydrogens is 143 g/mol. The Hall–Kier alpha value is 0.430. The smallest absolute Gasteiger partial charge is 0.855 e. The molecule has 0 bridgehead atoms. The fraction of sp³-hybridized carbons (Fsp3) is 0.833. The molecule has 0 amide bonds. The monoisotopic (exact) mass is 156 g/mol. The van der Waals surface area contributed by atoms with Gasteiger partial charge in [0.2, 0.25) is 0 Å². The Morgan fingerprint density at radius 3 is 1.80 bits per heavy atom. The molecule has 10 heavy (non-hydrogen) atoms. The molecule has 0 fully saturated rings. The minimum absolute atomic E-state index is 0. The zero-order valence-electron chi connectivity index (χ0n) is 7.14. The fourth-order valence-electron chi connectivity index (χ4n) is 0.203. The van der Waals surface area contributed by atoms with E-state index in [1.165, 1.54) is 6.92 Å². The normalized spacial score (nSPS) is 6.40. The van der Waals surface area contributed by atoms with E-state index in [4.69, 9.17) is 5.11 Å². The van der Waals surface area contributed by atoms with Crippen LogP contribution in [0.4, 0.5) is 0 Å². The van der Waals surface area contributed by atoms with Crippen LogP contribution < -0.4 is 34.7 Å². The maximum absolute atomic E-state index is 9.82. The molecule has 0 aliphatic carbocycles. The Balaban J connectivity index is -0.000000107. The molecule has 3 nitrogen and oxygen atoms in total. The topological polar surface area (TPSA) is 49.4 Å². The number of carbonyl (C=O) groups excluding carboxylic acids is 1. The van der Waals surface area contributed by atoms with Crippen LogP contribution in [0.2, 0.25) is 0 Å². The first-order chi connectivity index (χ1) is 4.18. The number of esters is 1. The number of ether oxygens (including phenoxy) is 1. The van der Waals surface area contributed by atoms with E-state index in [0.717, 1.165) is 0 Å². The average molecular weight is 156 g/mol. The van der Waals surface area contributed by atoms with Gasteiger partial charge in [-0.25, -0.2) is 0 Å². The third-order valence-electron chi connectivity index (χ3n) is 0.348. The van der Waals surface area contributed by atoms with Gasteiger partial charge in [-0.1, -0.05) is 6.92 Å². The van der Waals surface area contributed by atoms with Crippen molar-refractivity contribution in [2.75, 3.05) is 13.2 Å². The van der Waals surface area contributed by atoms with Crippen molar-refractivity contribution in [3.05, 3.63) is 0 Å². The van der Waals surface area contributed by atoms with Gasteiger partial charge in [-0.15, -0.1) is 6.61 Å². The second kappa shape index (κ2) is 16.2. The van der Waals surface area contributed by atoms with Gasteiger partial charge >= 0.3 is 35.5 Å². The molecule has 56 valence electrons. The molecule has 0 N–H and O–H groups in total. The first kappa shape index (κ1) is 16.8. The third kappa shape index (κ3) is 39.6. The largest absolute Gasteiger partial charge is 1.00 e. The molecule has 0 radical (unpaired) electrons. The second-order valence-corrected chi connectivity index (χ2v) is 1.21. The maximum Gasteiger partial charge on any atom is 1.00 e. The first-order valence-corrected chi connectivity index (χ1v) is 2.90. The number of hydrogen-bond acceptors (Lipinski definition) is 3. The summed E-state index contributed by atoms with van der Waals surface area (Å²) in [6.45, 7) is 5.22. The molecule has 0 aliphatic rings. The van der Waals surface area contributed by atoms with Gasteiger partial charge in [0.05, 0.1) is 6.61 Å². The van der Waals surface area contributed by atoms with Gasteiger partial charge in [-0.2, -0.15) is 0 Å². The molecule has 0 unspecified atom stereocenters. The second-order valence-electron chi connectivity index (χ2n) is 1.21. The van der Waals surface area contributed by atoms with Crippen molar-refractivity contribution < 1.29 is 44.2 Å². The van der Waals surface area contributed by atoms with Crippen LogP contribution in [0.1, 0.15) is 20.8 Å². The van der Waals surface area contributed by atoms with Crippen molar-refractivity contribution >= 4 is 5.97 Å². The van der Waals surface area contributed by atoms with Crippen LogP contribution in [0.15, 0.2) is 0 Å². The van der Waals surface area contributed by atoms with Gasteiger partial charge < -0.3 is 9.84 Å². The van der Waals surface area contributed by atoms with E-state index in [1.807, 2.05) is 0 Å². The molecule has 0 atom stereocenters. The van der Waals surface area contributed by atoms with Crippen LogP contribution in [0.3, 0.4) is 0 Å². The van der Waals surface area contributed by atoms with E-state index in [1.54, 1.807) is 13.8 Å². The van der Waals surface area contributed by atoms with E-state index < -0.39 is 0 Å². The predicted octanol–water partition coefficient (Wildman–Crippen LogP) is -3.06. The zero-order valence-corrected chi connectivity index (χ0v) is 9.14. The predicted molar refractivity (Wildman–Crippen MR) is 32.8 cm³/mol. The number of rotatable bonds is 1. The van der Waals surface area contributed by atoms with Crippen LogP contribution in [-0.4, -0.2) is 19.2 Å². The van der Waals surface area contributed by atoms with E-state index in [-0.39, 0.29) is 42.1 Å². The average Bonchev–Trinajstić information content (AvgIpc) is 1.67. The summed E-state index contributed by atoms with van der Waals surface area (Å²) in [5.41, 5.74) is 0. The van der Waals surface area contributed by atoms with Crippen molar-refractivity contribution in [2.24, 2.45) is 0 Å². The van der Waals surface area contributed by atoms with Gasteiger partial charge in [0.15, 0.2) is 0 Å². The number of hydrogen-bond donors (Lipinski definition) is 0. The molecule has 0 aromatic heterocycles. The molecule has 4 heteroatoms. The van der Waals surface area contributed by atoms with Gasteiger partial charge in [0, 0.05) is 6.92 Å². The quantitative estimate of drug-likeness (QED) is 0.299. The summed E-state index contributed by atoms with van der Waals surface area (Å²) in [6, 6.07) is 0. The number of carbonyl (C=O) groups is 1. The van der Waals surface area contributed by atoms with Crippen LogP contribution in [0.25, 0.3) is 0 Å². The molecule has 0 saturated heterocycles. The molecule has 0 heterocycles. The minimum atomic E-state index is -0.211. The molecular formula is C6H13NaO3. The van der Waals surface area contributed by atoms with E-state index in [0.29, 0.717) is 6.61 Å². The molecule has 0 rings (SSSR count). The Kier molecular flexibility index (Phi) is 27.2. The van der Waals surface area contributed by atoms with E-state index in [9.17, 15) is 4.79 Å². The molecule has 0 aliphatic heterocycles. The molecule has 0 saturated carbocycles. The zero-order chi connectivity index (χ0) is 7.70. The van der Waals surface area contributed by atoms with Crippen molar-refractivity contribution in [1.82, 2.24) is 0 Å². The molecule has 0 spiro atoms. The summed E-state index contributed by atoms with van der Waals surface area (Å²) in [4.78, 5) is 9.82. The summed E-state index contributed by atoms with van der Waals surface area (Å²) in [7, 11) is 0. The van der Waals surface area contributed by atoms with Crippen LogP contribution in [0.5, 0.6) is 0 Å². The summed E-state index contributed by atoms with van der Waals surface area (Å²) in [6.07, 6.45) is 0. The van der Waals surface area contributed by atoms with E-state index in [2.05, 4.69) is 4.74 Å². The fourth-order valence-corrected chi connectivity index (χ4v) is 0.203. The Bertz CT molecular complexity index is 66.0. The summed E-state index contributed by atoms with van der Waals surface area (Å²) in [5.74, 6) is -0.211. The van der Waals surface area contributed by atoms with Gasteiger partial charge in [0.1, 0.15) is 0 Å². The molecule has 0 aromatic rings. The maximum atomic E-state index is 9.82. The van der Waals surface area contributed by atoms with Gasteiger partial charge in [0.25, 0.3) is 0 Å². The summed E-state index contributed by atoms with van der Waals surface area (Å²) >= 11 is 0. The van der Waals surface area contributed by atoms with Crippen molar-refractivity contribution in [1.29, 1.82) is 0 Å². The Morgan fingerprint density at radius 1 is 1.50 bits per heavy atom. The molecule has 0 aromatic carbocycles. The van der Waals surface area contributed by atoms with Crippen molar-refractivity contribution in [3.8, 4) is 0 Å². The Morgan fingerprint density at radius 2 is 1.80 bits per heavy atom. The van der Waals surface area contributed by atoms with Crippen molar-refractivity contribution in [2.45, 2.75) is 20.8 Å². The van der Waals surface area contributed by atoms with Gasteiger partial charge in [-0.05, 0) is 6.92 Å². The third-order valence-corrected chi connectivity index (χ3v) is 0.348. The van der Waals surface area contributed by atoms with Crippen molar-refractivity contribution in [3.63, 3.8) is 0 Å². The Labute approximate surface area is 84.1 Å². The van der Waals surface area contributed by atoms with Gasteiger partial charge in [-0.3, -0.25) is 4.79 Å². The SMILES string of the molecule is CCOC(C)=O.CC[O-].[Na+]. The minimum Gasteiger partial charge on any atom is -0.855 e. The summed E-state index contributed by atoms with van der Waals surface area (Å²) < 4.78 is 4.40. The van der Waals surface area contributed by atoms with Crippen LogP contribution in [0, 0.1) is 0 Å².